The lowest BCUT2D eigenvalue weighted by atomic mass is 9.91. The van der Waals surface area contributed by atoms with Crippen LogP contribution in [0.15, 0.2) is 47.6 Å². The van der Waals surface area contributed by atoms with Crippen molar-refractivity contribution in [2.24, 2.45) is 16.9 Å². The summed E-state index contributed by atoms with van der Waals surface area (Å²) in [6.45, 7) is 4.07. The standard InChI is InChI=1S/C21H18ClN3O2S/c1-11(2)9-16(18-19(26)13-5-3-4-6-14(13)20(18)27)24-25-21-23-15-8-7-12(22)10-17(15)28-21/h3-8,10-11,18H,9H2,1-2H3,(H,23,25). The normalized spacial score (nSPS) is 14.9. The van der Waals surface area contributed by atoms with Gasteiger partial charge in [0.1, 0.15) is 5.92 Å². The van der Waals surface area contributed by atoms with E-state index >= 15 is 0 Å². The van der Waals surface area contributed by atoms with E-state index in [1.54, 1.807) is 30.3 Å². The van der Waals surface area contributed by atoms with Crippen LogP contribution in [0.1, 0.15) is 41.0 Å². The number of benzene rings is 2. The van der Waals surface area contributed by atoms with E-state index < -0.39 is 5.92 Å². The zero-order chi connectivity index (χ0) is 19.8. The summed E-state index contributed by atoms with van der Waals surface area (Å²) in [4.78, 5) is 30.2. The van der Waals surface area contributed by atoms with Gasteiger partial charge in [0.2, 0.25) is 5.13 Å². The van der Waals surface area contributed by atoms with Gasteiger partial charge in [-0.1, -0.05) is 61.1 Å². The van der Waals surface area contributed by atoms with Crippen molar-refractivity contribution in [1.29, 1.82) is 0 Å². The Labute approximate surface area is 171 Å². The Morgan fingerprint density at radius 3 is 2.50 bits per heavy atom. The van der Waals surface area contributed by atoms with Crippen LogP contribution in [0.25, 0.3) is 10.2 Å². The first-order valence-electron chi connectivity index (χ1n) is 9.00. The lowest BCUT2D eigenvalue weighted by molar-refractivity contribution is 0.0882. The van der Waals surface area contributed by atoms with Crippen molar-refractivity contribution in [3.8, 4) is 0 Å². The Balaban J connectivity index is 1.66. The summed E-state index contributed by atoms with van der Waals surface area (Å²) >= 11 is 7.45. The highest BCUT2D eigenvalue weighted by molar-refractivity contribution is 7.22. The lowest BCUT2D eigenvalue weighted by Gasteiger charge is -2.13. The van der Waals surface area contributed by atoms with Crippen LogP contribution in [0.3, 0.4) is 0 Å². The number of anilines is 1. The fraction of sp³-hybridized carbons (Fsp3) is 0.238. The highest BCUT2D eigenvalue weighted by Gasteiger charge is 2.41. The van der Waals surface area contributed by atoms with Crippen molar-refractivity contribution in [3.63, 3.8) is 0 Å². The number of carbonyl (C=O) groups is 2. The molecule has 4 rings (SSSR count). The van der Waals surface area contributed by atoms with Gasteiger partial charge in [0.05, 0.1) is 15.9 Å². The molecule has 0 spiro atoms. The topological polar surface area (TPSA) is 71.4 Å². The Kier molecular flexibility index (Phi) is 5.00. The van der Waals surface area contributed by atoms with Gasteiger partial charge in [-0.05, 0) is 30.5 Å². The van der Waals surface area contributed by atoms with E-state index in [-0.39, 0.29) is 17.5 Å². The molecule has 0 atom stereocenters. The van der Waals surface area contributed by atoms with E-state index in [0.717, 1.165) is 10.2 Å². The lowest BCUT2D eigenvalue weighted by Crippen LogP contribution is -2.27. The molecule has 0 amide bonds. The molecule has 142 valence electrons. The molecule has 0 saturated carbocycles. The molecule has 5 nitrogen and oxygen atoms in total. The second kappa shape index (κ2) is 7.45. The molecule has 0 aliphatic heterocycles. The Bertz CT molecular complexity index is 1080. The molecule has 1 N–H and O–H groups in total. The van der Waals surface area contributed by atoms with Crippen molar-refractivity contribution in [1.82, 2.24) is 4.98 Å². The zero-order valence-corrected chi connectivity index (χ0v) is 17.0. The second-order valence-electron chi connectivity index (χ2n) is 7.15. The summed E-state index contributed by atoms with van der Waals surface area (Å²) < 4.78 is 0.941. The number of nitrogens with zero attached hydrogens (tertiary/aromatic N) is 2. The number of hydrogen-bond donors (Lipinski definition) is 1. The Morgan fingerprint density at radius 1 is 1.18 bits per heavy atom. The molecule has 0 fully saturated rings. The first-order chi connectivity index (χ1) is 13.4. The maximum atomic E-state index is 12.9. The van der Waals surface area contributed by atoms with Gasteiger partial charge in [0.15, 0.2) is 11.6 Å². The maximum Gasteiger partial charge on any atom is 0.204 e. The number of thiazole rings is 1. The van der Waals surface area contributed by atoms with Gasteiger partial charge in [0, 0.05) is 16.1 Å². The minimum Gasteiger partial charge on any atom is -0.293 e. The van der Waals surface area contributed by atoms with Crippen molar-refractivity contribution < 1.29 is 9.59 Å². The largest absolute Gasteiger partial charge is 0.293 e. The van der Waals surface area contributed by atoms with Crippen LogP contribution < -0.4 is 5.43 Å². The number of fused-ring (bicyclic) bond motifs is 2. The highest BCUT2D eigenvalue weighted by Crippen LogP contribution is 2.31. The van der Waals surface area contributed by atoms with Crippen molar-refractivity contribution in [2.75, 3.05) is 5.43 Å². The molecule has 0 bridgehead atoms. The third kappa shape index (κ3) is 3.45. The maximum absolute atomic E-state index is 12.9. The highest BCUT2D eigenvalue weighted by atomic mass is 35.5. The third-order valence-corrected chi connectivity index (χ3v) is 5.74. The molecule has 1 aromatic heterocycles. The molecule has 7 heteroatoms. The second-order valence-corrected chi connectivity index (χ2v) is 8.62. The SMILES string of the molecule is CC(C)CC(=NNc1nc2ccc(Cl)cc2s1)C1C(=O)c2ccccc2C1=O. The van der Waals surface area contributed by atoms with Crippen molar-refractivity contribution >= 4 is 55.6 Å². The predicted octanol–water partition coefficient (Wildman–Crippen LogP) is 5.46. The summed E-state index contributed by atoms with van der Waals surface area (Å²) in [7, 11) is 0. The molecule has 2 aromatic carbocycles. The van der Waals surface area contributed by atoms with Gasteiger partial charge in [-0.25, -0.2) is 4.98 Å². The van der Waals surface area contributed by atoms with Crippen LogP contribution in [0.5, 0.6) is 0 Å². The Morgan fingerprint density at radius 2 is 1.86 bits per heavy atom. The average molecular weight is 412 g/mol. The van der Waals surface area contributed by atoms with Crippen LogP contribution in [-0.2, 0) is 0 Å². The van der Waals surface area contributed by atoms with E-state index in [1.807, 2.05) is 26.0 Å². The molecule has 0 saturated heterocycles. The van der Waals surface area contributed by atoms with Gasteiger partial charge < -0.3 is 0 Å². The molecule has 0 radical (unpaired) electrons. The molecular formula is C21H18ClN3O2S. The zero-order valence-electron chi connectivity index (χ0n) is 15.4. The minimum atomic E-state index is -0.865. The first kappa shape index (κ1) is 18.8. The van der Waals surface area contributed by atoms with E-state index in [4.69, 9.17) is 11.6 Å². The number of halogens is 1. The van der Waals surface area contributed by atoms with Gasteiger partial charge in [0.25, 0.3) is 0 Å². The van der Waals surface area contributed by atoms with Crippen LogP contribution in [0.4, 0.5) is 5.13 Å². The van der Waals surface area contributed by atoms with Gasteiger partial charge in [-0.3, -0.25) is 15.0 Å². The molecule has 28 heavy (non-hydrogen) atoms. The smallest absolute Gasteiger partial charge is 0.204 e. The summed E-state index contributed by atoms with van der Waals surface area (Å²) in [6, 6.07) is 12.4. The van der Waals surface area contributed by atoms with Crippen LogP contribution in [0, 0.1) is 11.8 Å². The molecule has 1 aliphatic rings. The quantitative estimate of drug-likeness (QED) is 0.344. The predicted molar refractivity (Wildman–Crippen MR) is 114 cm³/mol. The van der Waals surface area contributed by atoms with Gasteiger partial charge in [-0.2, -0.15) is 5.10 Å². The molecule has 3 aromatic rings. The molecular weight excluding hydrogens is 394 g/mol. The molecule has 1 heterocycles. The van der Waals surface area contributed by atoms with Crippen molar-refractivity contribution in [2.45, 2.75) is 20.3 Å². The fourth-order valence-corrected chi connectivity index (χ4v) is 4.44. The number of ketones is 2. The summed E-state index contributed by atoms with van der Waals surface area (Å²) in [5.74, 6) is -0.981. The van der Waals surface area contributed by atoms with E-state index in [1.165, 1.54) is 11.3 Å². The number of rotatable bonds is 5. The first-order valence-corrected chi connectivity index (χ1v) is 10.2. The number of hydrazone groups is 1. The number of hydrogen-bond acceptors (Lipinski definition) is 6. The van der Waals surface area contributed by atoms with E-state index in [9.17, 15) is 9.59 Å². The van der Waals surface area contributed by atoms with Gasteiger partial charge in [-0.15, -0.1) is 0 Å². The van der Waals surface area contributed by atoms with Crippen LogP contribution >= 0.6 is 22.9 Å². The monoisotopic (exact) mass is 411 g/mol. The summed E-state index contributed by atoms with van der Waals surface area (Å²) in [5.41, 5.74) is 5.26. The van der Waals surface area contributed by atoms with Crippen LogP contribution in [-0.4, -0.2) is 22.3 Å². The number of nitrogens with one attached hydrogen (secondary N) is 1. The van der Waals surface area contributed by atoms with Crippen LogP contribution in [0.2, 0.25) is 5.02 Å². The number of carbonyl (C=O) groups excluding carboxylic acids is 2. The summed E-state index contributed by atoms with van der Waals surface area (Å²) in [6.07, 6.45) is 0.542. The van der Waals surface area contributed by atoms with Gasteiger partial charge >= 0.3 is 0 Å². The van der Waals surface area contributed by atoms with E-state index in [0.29, 0.717) is 33.4 Å². The number of aromatic nitrogens is 1. The van der Waals surface area contributed by atoms with Crippen molar-refractivity contribution in [3.05, 3.63) is 58.6 Å². The molecule has 0 unspecified atom stereocenters. The van der Waals surface area contributed by atoms with E-state index in [2.05, 4.69) is 15.5 Å². The minimum absolute atomic E-state index is 0.183. The fourth-order valence-electron chi connectivity index (χ4n) is 3.36. The summed E-state index contributed by atoms with van der Waals surface area (Å²) in [5, 5.41) is 5.69. The molecule has 1 aliphatic carbocycles. The average Bonchev–Trinajstić information content (AvgIpc) is 3.17. The number of Topliss-reactive ketones (excluding diaryl/α,β-unsaturated/α-hetero) is 2. The third-order valence-electron chi connectivity index (χ3n) is 4.58. The Hall–Kier alpha value is -2.57.